The molecular weight excluding hydrogens is 314 g/mol. The molecule has 0 fully saturated rings. The number of aromatic nitrogens is 4. The van der Waals surface area contributed by atoms with Crippen LogP contribution in [-0.2, 0) is 6.54 Å². The fourth-order valence-electron chi connectivity index (χ4n) is 2.65. The summed E-state index contributed by atoms with van der Waals surface area (Å²) in [7, 11) is 0. The first kappa shape index (κ1) is 15.1. The monoisotopic (exact) mass is 331 g/mol. The number of fused-ring (bicyclic) bond motifs is 1. The van der Waals surface area contributed by atoms with Gasteiger partial charge in [0.1, 0.15) is 5.82 Å². The Morgan fingerprint density at radius 1 is 1.12 bits per heavy atom. The minimum Gasteiger partial charge on any atom is -0.338 e. The van der Waals surface area contributed by atoms with Gasteiger partial charge in [-0.15, -0.1) is 0 Å². The highest BCUT2D eigenvalue weighted by Crippen LogP contribution is 2.22. The molecule has 4 rings (SSSR count). The summed E-state index contributed by atoms with van der Waals surface area (Å²) in [6.45, 7) is 2.71. The Morgan fingerprint density at radius 2 is 1.92 bits per heavy atom. The number of H-pyrrole nitrogens is 1. The Bertz CT molecular complexity index is 996. The summed E-state index contributed by atoms with van der Waals surface area (Å²) in [5.74, 6) is 0.587. The number of aryl methyl sites for hydroxylation is 1. The van der Waals surface area contributed by atoms with Gasteiger partial charge in [-0.1, -0.05) is 12.1 Å². The smallest absolute Gasteiger partial charge is 0.276 e. The highest BCUT2D eigenvalue weighted by atomic mass is 16.1. The normalized spacial score (nSPS) is 10.9. The molecule has 2 N–H and O–H groups in total. The third-order valence-electron chi connectivity index (χ3n) is 4.00. The second-order valence-corrected chi connectivity index (χ2v) is 5.69. The third kappa shape index (κ3) is 3.01. The Hall–Kier alpha value is -3.41. The number of hydrogen-bond acceptors (Lipinski definition) is 3. The predicted octanol–water partition coefficient (Wildman–Crippen LogP) is 3.70. The van der Waals surface area contributed by atoms with Gasteiger partial charge in [-0.2, -0.15) is 5.10 Å². The first-order chi connectivity index (χ1) is 12.2. The van der Waals surface area contributed by atoms with Crippen molar-refractivity contribution in [2.75, 3.05) is 5.32 Å². The standard InChI is InChI=1S/C19H17N5O/c1-2-24-12-11-17(23-24)19(25)20-14-9-7-13(8-10-14)18-21-15-5-3-4-6-16(15)22-18/h3-12H,2H2,1H3,(H,20,25)(H,21,22). The molecule has 0 saturated carbocycles. The number of nitrogens with one attached hydrogen (secondary N) is 2. The van der Waals surface area contributed by atoms with Crippen LogP contribution in [0.25, 0.3) is 22.4 Å². The molecule has 25 heavy (non-hydrogen) atoms. The van der Waals surface area contributed by atoms with Crippen molar-refractivity contribution in [3.05, 3.63) is 66.5 Å². The van der Waals surface area contributed by atoms with Crippen molar-refractivity contribution in [1.29, 1.82) is 0 Å². The van der Waals surface area contributed by atoms with Gasteiger partial charge in [-0.3, -0.25) is 9.48 Å². The Labute approximate surface area is 144 Å². The van der Waals surface area contributed by atoms with E-state index in [4.69, 9.17) is 0 Å². The molecule has 124 valence electrons. The number of para-hydroxylation sites is 2. The van der Waals surface area contributed by atoms with E-state index in [1.165, 1.54) is 0 Å². The molecule has 2 aromatic carbocycles. The molecule has 0 radical (unpaired) electrons. The van der Waals surface area contributed by atoms with Gasteiger partial charge in [-0.25, -0.2) is 4.98 Å². The van der Waals surface area contributed by atoms with Crippen LogP contribution in [-0.4, -0.2) is 25.7 Å². The molecule has 6 nitrogen and oxygen atoms in total. The average Bonchev–Trinajstić information content (AvgIpc) is 3.29. The average molecular weight is 331 g/mol. The van der Waals surface area contributed by atoms with Crippen LogP contribution in [0.4, 0.5) is 5.69 Å². The molecular formula is C19H17N5O. The van der Waals surface area contributed by atoms with Crippen molar-refractivity contribution in [1.82, 2.24) is 19.7 Å². The van der Waals surface area contributed by atoms with Crippen molar-refractivity contribution < 1.29 is 4.79 Å². The molecule has 0 aliphatic heterocycles. The van der Waals surface area contributed by atoms with E-state index in [0.717, 1.165) is 34.7 Å². The minimum absolute atomic E-state index is 0.219. The van der Waals surface area contributed by atoms with E-state index in [0.29, 0.717) is 5.69 Å². The maximum atomic E-state index is 12.2. The number of amides is 1. The maximum absolute atomic E-state index is 12.2. The number of nitrogens with zero attached hydrogens (tertiary/aromatic N) is 3. The van der Waals surface area contributed by atoms with Crippen LogP contribution in [0.2, 0.25) is 0 Å². The predicted molar refractivity (Wildman–Crippen MR) is 97.4 cm³/mol. The minimum atomic E-state index is -0.219. The van der Waals surface area contributed by atoms with Crippen molar-refractivity contribution in [3.63, 3.8) is 0 Å². The zero-order chi connectivity index (χ0) is 17.2. The van der Waals surface area contributed by atoms with E-state index in [9.17, 15) is 4.79 Å². The molecule has 4 aromatic rings. The summed E-state index contributed by atoms with van der Waals surface area (Å²) in [5.41, 5.74) is 4.02. The maximum Gasteiger partial charge on any atom is 0.276 e. The summed E-state index contributed by atoms with van der Waals surface area (Å²) in [5, 5.41) is 7.06. The molecule has 0 unspecified atom stereocenters. The highest BCUT2D eigenvalue weighted by Gasteiger charge is 2.10. The lowest BCUT2D eigenvalue weighted by atomic mass is 10.2. The second-order valence-electron chi connectivity index (χ2n) is 5.69. The SMILES string of the molecule is CCn1ccc(C(=O)Nc2ccc(-c3nc4ccccc4[nH]3)cc2)n1. The van der Waals surface area contributed by atoms with Gasteiger partial charge in [0.15, 0.2) is 5.69 Å². The number of anilines is 1. The number of benzene rings is 2. The number of carbonyl (C=O) groups excluding carboxylic acids is 1. The summed E-state index contributed by atoms with van der Waals surface area (Å²) in [6, 6.07) is 17.2. The molecule has 0 aliphatic carbocycles. The largest absolute Gasteiger partial charge is 0.338 e. The lowest BCUT2D eigenvalue weighted by Gasteiger charge is -2.04. The zero-order valence-electron chi connectivity index (χ0n) is 13.7. The first-order valence-electron chi connectivity index (χ1n) is 8.13. The van der Waals surface area contributed by atoms with Crippen molar-refractivity contribution in [3.8, 4) is 11.4 Å². The van der Waals surface area contributed by atoms with Crippen molar-refractivity contribution in [2.45, 2.75) is 13.5 Å². The number of carbonyl (C=O) groups is 1. The lowest BCUT2D eigenvalue weighted by molar-refractivity contribution is 0.102. The number of hydrogen-bond donors (Lipinski definition) is 2. The van der Waals surface area contributed by atoms with Gasteiger partial charge >= 0.3 is 0 Å². The quantitative estimate of drug-likeness (QED) is 0.599. The molecule has 0 aliphatic rings. The summed E-state index contributed by atoms with van der Waals surface area (Å²) in [4.78, 5) is 20.1. The van der Waals surface area contributed by atoms with E-state index in [2.05, 4.69) is 20.4 Å². The fraction of sp³-hybridized carbons (Fsp3) is 0.105. The van der Waals surface area contributed by atoms with Crippen LogP contribution < -0.4 is 5.32 Å². The topological polar surface area (TPSA) is 75.6 Å². The second kappa shape index (κ2) is 6.24. The number of aromatic amines is 1. The molecule has 0 spiro atoms. The van der Waals surface area contributed by atoms with Crippen molar-refractivity contribution in [2.24, 2.45) is 0 Å². The van der Waals surface area contributed by atoms with Gasteiger partial charge < -0.3 is 10.3 Å². The van der Waals surface area contributed by atoms with Crippen LogP contribution in [0, 0.1) is 0 Å². The van der Waals surface area contributed by atoms with E-state index < -0.39 is 0 Å². The van der Waals surface area contributed by atoms with Crippen LogP contribution in [0.1, 0.15) is 17.4 Å². The summed E-state index contributed by atoms with van der Waals surface area (Å²) < 4.78 is 1.72. The zero-order valence-corrected chi connectivity index (χ0v) is 13.7. The molecule has 1 amide bonds. The molecule has 2 aromatic heterocycles. The van der Waals surface area contributed by atoms with Gasteiger partial charge in [0.2, 0.25) is 0 Å². The van der Waals surface area contributed by atoms with Crippen molar-refractivity contribution >= 4 is 22.6 Å². The highest BCUT2D eigenvalue weighted by molar-refractivity contribution is 6.02. The third-order valence-corrected chi connectivity index (χ3v) is 4.00. The Morgan fingerprint density at radius 3 is 2.64 bits per heavy atom. The van der Waals surface area contributed by atoms with E-state index >= 15 is 0 Å². The van der Waals surface area contributed by atoms with Gasteiger partial charge in [0, 0.05) is 24.0 Å². The first-order valence-corrected chi connectivity index (χ1v) is 8.13. The lowest BCUT2D eigenvalue weighted by Crippen LogP contribution is -2.13. The molecule has 0 atom stereocenters. The number of imidazole rings is 1. The molecule has 0 bridgehead atoms. The van der Waals surface area contributed by atoms with Gasteiger partial charge in [0.05, 0.1) is 11.0 Å². The summed E-state index contributed by atoms with van der Waals surface area (Å²) in [6.07, 6.45) is 1.79. The van der Waals surface area contributed by atoms with E-state index in [1.54, 1.807) is 16.9 Å². The van der Waals surface area contributed by atoms with E-state index in [1.807, 2.05) is 55.5 Å². The van der Waals surface area contributed by atoms with E-state index in [-0.39, 0.29) is 5.91 Å². The van der Waals surface area contributed by atoms with Crippen LogP contribution in [0.5, 0.6) is 0 Å². The molecule has 6 heteroatoms. The Kier molecular flexibility index (Phi) is 3.78. The molecule has 0 saturated heterocycles. The van der Waals surface area contributed by atoms with Crippen LogP contribution in [0.3, 0.4) is 0 Å². The summed E-state index contributed by atoms with van der Waals surface area (Å²) >= 11 is 0. The van der Waals surface area contributed by atoms with Crippen LogP contribution in [0.15, 0.2) is 60.8 Å². The van der Waals surface area contributed by atoms with Crippen LogP contribution >= 0.6 is 0 Å². The Balaban J connectivity index is 1.52. The van der Waals surface area contributed by atoms with Gasteiger partial charge in [-0.05, 0) is 49.4 Å². The van der Waals surface area contributed by atoms with Gasteiger partial charge in [0.25, 0.3) is 5.91 Å². The molecule has 2 heterocycles. The number of rotatable bonds is 4. The fourth-order valence-corrected chi connectivity index (χ4v) is 2.65.